The number of hydrogen-bond donors (Lipinski definition) is 0. The predicted molar refractivity (Wildman–Crippen MR) is 73.8 cm³/mol. The molecule has 4 nitrogen and oxygen atoms in total. The first-order valence-corrected chi connectivity index (χ1v) is 6.35. The van der Waals surface area contributed by atoms with Gasteiger partial charge in [0.25, 0.3) is 6.43 Å². The average Bonchev–Trinajstić information content (AvgIpc) is 2.49. The van der Waals surface area contributed by atoms with Gasteiger partial charge in [-0.25, -0.2) is 18.7 Å². The Morgan fingerprint density at radius 1 is 1.05 bits per heavy atom. The van der Waals surface area contributed by atoms with Crippen LogP contribution in [0.15, 0.2) is 42.6 Å². The summed E-state index contributed by atoms with van der Waals surface area (Å²) in [6, 6.07) is 9.89. The molecule has 0 unspecified atom stereocenters. The van der Waals surface area contributed by atoms with Crippen molar-refractivity contribution in [3.63, 3.8) is 0 Å². The van der Waals surface area contributed by atoms with Crippen LogP contribution in [0.25, 0.3) is 10.9 Å². The summed E-state index contributed by atoms with van der Waals surface area (Å²) in [7, 11) is 0. The molecule has 21 heavy (non-hydrogen) atoms. The minimum atomic E-state index is -2.78. The zero-order chi connectivity index (χ0) is 14.8. The van der Waals surface area contributed by atoms with Crippen molar-refractivity contribution in [1.29, 1.82) is 0 Å². The van der Waals surface area contributed by atoms with Crippen LogP contribution in [0.4, 0.5) is 8.78 Å². The van der Waals surface area contributed by atoms with Crippen molar-refractivity contribution >= 4 is 22.5 Å². The van der Waals surface area contributed by atoms with Crippen molar-refractivity contribution < 1.29 is 13.5 Å². The Morgan fingerprint density at radius 3 is 2.57 bits per heavy atom. The van der Waals surface area contributed by atoms with Crippen LogP contribution < -0.4 is 4.74 Å². The number of pyridine rings is 1. The fraction of sp³-hybridized carbons (Fsp3) is 0.0714. The van der Waals surface area contributed by atoms with Crippen LogP contribution >= 0.6 is 11.6 Å². The number of fused-ring (bicyclic) bond motifs is 1. The van der Waals surface area contributed by atoms with E-state index < -0.39 is 12.2 Å². The highest BCUT2D eigenvalue weighted by Crippen LogP contribution is 2.29. The van der Waals surface area contributed by atoms with E-state index in [1.54, 1.807) is 30.3 Å². The Balaban J connectivity index is 2.09. The number of rotatable bonds is 3. The lowest BCUT2D eigenvalue weighted by Gasteiger charge is -2.09. The summed E-state index contributed by atoms with van der Waals surface area (Å²) in [5.41, 5.74) is 0.389. The van der Waals surface area contributed by atoms with Gasteiger partial charge in [0, 0.05) is 0 Å². The fourth-order valence-corrected chi connectivity index (χ4v) is 1.89. The van der Waals surface area contributed by atoms with Crippen molar-refractivity contribution in [2.45, 2.75) is 6.43 Å². The summed E-state index contributed by atoms with van der Waals surface area (Å²) in [6.45, 7) is 0. The molecular weight excluding hydrogens is 300 g/mol. The van der Waals surface area contributed by atoms with Crippen LogP contribution in [0.3, 0.4) is 0 Å². The molecule has 0 radical (unpaired) electrons. The Labute approximate surface area is 123 Å². The summed E-state index contributed by atoms with van der Waals surface area (Å²) in [6.07, 6.45) is -1.39. The van der Waals surface area contributed by atoms with Gasteiger partial charge in [-0.2, -0.15) is 4.98 Å². The molecular formula is C14H8ClF2N3O. The minimum absolute atomic E-state index is 0.0556. The molecule has 0 aliphatic heterocycles. The number of ether oxygens (including phenoxy) is 1. The van der Waals surface area contributed by atoms with Crippen LogP contribution in [0.5, 0.6) is 11.6 Å². The smallest absolute Gasteiger partial charge is 0.297 e. The highest BCUT2D eigenvalue weighted by atomic mass is 35.5. The quantitative estimate of drug-likeness (QED) is 0.673. The van der Waals surface area contributed by atoms with E-state index in [4.69, 9.17) is 16.3 Å². The molecule has 2 heterocycles. The number of benzene rings is 1. The molecule has 0 spiro atoms. The highest BCUT2D eigenvalue weighted by Gasteiger charge is 2.16. The van der Waals surface area contributed by atoms with E-state index in [1.807, 2.05) is 0 Å². The summed E-state index contributed by atoms with van der Waals surface area (Å²) in [5, 5.41) is 0.847. The first-order chi connectivity index (χ1) is 10.1. The van der Waals surface area contributed by atoms with E-state index in [-0.39, 0.29) is 5.88 Å². The van der Waals surface area contributed by atoms with Gasteiger partial charge < -0.3 is 4.74 Å². The van der Waals surface area contributed by atoms with Crippen LogP contribution in [0.1, 0.15) is 12.2 Å². The zero-order valence-electron chi connectivity index (χ0n) is 10.5. The number of halogens is 3. The number of para-hydroxylation sites is 1. The molecule has 3 aromatic rings. The molecule has 0 N–H and O–H groups in total. The molecule has 0 bridgehead atoms. The van der Waals surface area contributed by atoms with Gasteiger partial charge >= 0.3 is 0 Å². The molecule has 106 valence electrons. The van der Waals surface area contributed by atoms with Crippen LogP contribution in [0.2, 0.25) is 5.15 Å². The van der Waals surface area contributed by atoms with Gasteiger partial charge in [-0.15, -0.1) is 0 Å². The fourth-order valence-electron chi connectivity index (χ4n) is 1.77. The van der Waals surface area contributed by atoms with Crippen molar-refractivity contribution in [1.82, 2.24) is 15.0 Å². The molecule has 0 aliphatic rings. The molecule has 0 atom stereocenters. The summed E-state index contributed by atoms with van der Waals surface area (Å²) in [5.74, 6) is -0.172. The Morgan fingerprint density at radius 2 is 1.86 bits per heavy atom. The molecule has 7 heteroatoms. The van der Waals surface area contributed by atoms with Gasteiger partial charge in [0.15, 0.2) is 5.82 Å². The second-order valence-electron chi connectivity index (χ2n) is 4.12. The lowest BCUT2D eigenvalue weighted by Crippen LogP contribution is -1.99. The number of nitrogens with zero attached hydrogens (tertiary/aromatic N) is 3. The van der Waals surface area contributed by atoms with Gasteiger partial charge in [0.1, 0.15) is 10.9 Å². The first kappa shape index (κ1) is 13.6. The molecule has 0 aliphatic carbocycles. The molecule has 0 saturated carbocycles. The van der Waals surface area contributed by atoms with Crippen LogP contribution in [-0.4, -0.2) is 15.0 Å². The van der Waals surface area contributed by atoms with Crippen LogP contribution in [0, 0.1) is 0 Å². The summed E-state index contributed by atoms with van der Waals surface area (Å²) < 4.78 is 31.2. The van der Waals surface area contributed by atoms with E-state index in [2.05, 4.69) is 15.0 Å². The predicted octanol–water partition coefficient (Wildman–Crippen LogP) is 4.41. The molecule has 2 aromatic heterocycles. The molecule has 3 rings (SSSR count). The molecule has 1 aromatic carbocycles. The molecule has 0 fully saturated rings. The summed E-state index contributed by atoms with van der Waals surface area (Å²) >= 11 is 5.69. The lowest BCUT2D eigenvalue weighted by molar-refractivity contribution is 0.140. The third-order valence-electron chi connectivity index (χ3n) is 2.70. The maximum Gasteiger partial charge on any atom is 0.297 e. The zero-order valence-corrected chi connectivity index (χ0v) is 11.3. The van der Waals surface area contributed by atoms with Crippen molar-refractivity contribution in [2.24, 2.45) is 0 Å². The number of alkyl halides is 2. The monoisotopic (exact) mass is 307 g/mol. The number of aromatic nitrogens is 3. The average molecular weight is 308 g/mol. The van der Waals surface area contributed by atoms with Crippen LogP contribution in [-0.2, 0) is 0 Å². The Kier molecular flexibility index (Phi) is 3.62. The van der Waals surface area contributed by atoms with E-state index in [9.17, 15) is 8.78 Å². The SMILES string of the molecule is FC(F)c1nc(Oc2ccc(Cl)nc2)c2ccccc2n1. The van der Waals surface area contributed by atoms with E-state index in [0.717, 1.165) is 0 Å². The standard InChI is InChI=1S/C14H8ClF2N3O/c15-11-6-5-8(7-18-11)21-14-9-3-1-2-4-10(9)19-13(20-14)12(16)17/h1-7,12H. The van der Waals surface area contributed by atoms with Gasteiger partial charge in [-0.1, -0.05) is 23.7 Å². The first-order valence-electron chi connectivity index (χ1n) is 5.98. The van der Waals surface area contributed by atoms with Gasteiger partial charge in [-0.3, -0.25) is 0 Å². The molecule has 0 amide bonds. The van der Waals surface area contributed by atoms with Gasteiger partial charge in [0.05, 0.1) is 17.1 Å². The minimum Gasteiger partial charge on any atom is -0.437 e. The Hall–Kier alpha value is -2.34. The van der Waals surface area contributed by atoms with E-state index in [1.165, 1.54) is 12.3 Å². The summed E-state index contributed by atoms with van der Waals surface area (Å²) in [4.78, 5) is 11.4. The van der Waals surface area contributed by atoms with E-state index >= 15 is 0 Å². The van der Waals surface area contributed by atoms with Gasteiger partial charge in [-0.05, 0) is 24.3 Å². The second kappa shape index (κ2) is 5.57. The van der Waals surface area contributed by atoms with E-state index in [0.29, 0.717) is 21.8 Å². The third kappa shape index (κ3) is 2.90. The Bertz CT molecular complexity index is 781. The largest absolute Gasteiger partial charge is 0.437 e. The normalized spacial score (nSPS) is 11.0. The second-order valence-corrected chi connectivity index (χ2v) is 4.51. The topological polar surface area (TPSA) is 47.9 Å². The molecule has 0 saturated heterocycles. The van der Waals surface area contributed by atoms with Crippen molar-refractivity contribution in [2.75, 3.05) is 0 Å². The van der Waals surface area contributed by atoms with Crippen molar-refractivity contribution in [3.8, 4) is 11.6 Å². The maximum atomic E-state index is 12.9. The maximum absolute atomic E-state index is 12.9. The third-order valence-corrected chi connectivity index (χ3v) is 2.92. The number of hydrogen-bond acceptors (Lipinski definition) is 4. The van der Waals surface area contributed by atoms with Gasteiger partial charge in [0.2, 0.25) is 5.88 Å². The highest BCUT2D eigenvalue weighted by molar-refractivity contribution is 6.29. The van der Waals surface area contributed by atoms with Crippen molar-refractivity contribution in [3.05, 3.63) is 53.6 Å². The lowest BCUT2D eigenvalue weighted by atomic mass is 10.2.